The van der Waals surface area contributed by atoms with Crippen LogP contribution in [-0.2, 0) is 6.61 Å². The standard InChI is InChI=1S/C14H11BrF2O/c1-9-6-12(3-4-13(9)15)18-8-10-7-11(16)2-5-14(10)17/h2-7H,8H2,1H3. The number of aryl methyl sites for hydroxylation is 1. The molecule has 0 heterocycles. The molecular formula is C14H11BrF2O. The van der Waals surface area contributed by atoms with Crippen molar-refractivity contribution in [2.45, 2.75) is 13.5 Å². The molecular weight excluding hydrogens is 302 g/mol. The molecule has 0 aliphatic rings. The summed E-state index contributed by atoms with van der Waals surface area (Å²) in [4.78, 5) is 0. The van der Waals surface area contributed by atoms with Gasteiger partial charge in [0.15, 0.2) is 0 Å². The first-order valence-corrected chi connectivity index (χ1v) is 6.18. The molecule has 2 aromatic carbocycles. The first kappa shape index (κ1) is 13.0. The molecule has 4 heteroatoms. The van der Waals surface area contributed by atoms with Crippen molar-refractivity contribution in [3.05, 3.63) is 63.6 Å². The van der Waals surface area contributed by atoms with E-state index in [2.05, 4.69) is 15.9 Å². The topological polar surface area (TPSA) is 9.23 Å². The van der Waals surface area contributed by atoms with Crippen LogP contribution in [0.25, 0.3) is 0 Å². The van der Waals surface area contributed by atoms with E-state index in [9.17, 15) is 8.78 Å². The third-order valence-electron chi connectivity index (χ3n) is 2.53. The minimum atomic E-state index is -0.470. The Morgan fingerprint density at radius 1 is 1.11 bits per heavy atom. The molecule has 0 fully saturated rings. The van der Waals surface area contributed by atoms with Crippen LogP contribution in [0.15, 0.2) is 40.9 Å². The molecule has 94 valence electrons. The second-order valence-electron chi connectivity index (χ2n) is 3.94. The van der Waals surface area contributed by atoms with Crippen LogP contribution in [-0.4, -0.2) is 0 Å². The Labute approximate surface area is 113 Å². The van der Waals surface area contributed by atoms with Crippen molar-refractivity contribution in [1.82, 2.24) is 0 Å². The zero-order valence-electron chi connectivity index (χ0n) is 9.71. The van der Waals surface area contributed by atoms with Crippen molar-refractivity contribution in [2.24, 2.45) is 0 Å². The highest BCUT2D eigenvalue weighted by Gasteiger charge is 2.05. The van der Waals surface area contributed by atoms with Gasteiger partial charge in [0.1, 0.15) is 24.0 Å². The fourth-order valence-corrected chi connectivity index (χ4v) is 1.77. The molecule has 0 aromatic heterocycles. The van der Waals surface area contributed by atoms with Crippen LogP contribution >= 0.6 is 15.9 Å². The number of ether oxygens (including phenoxy) is 1. The van der Waals surface area contributed by atoms with Gasteiger partial charge in [-0.15, -0.1) is 0 Å². The minimum absolute atomic E-state index is 0.00463. The van der Waals surface area contributed by atoms with Gasteiger partial charge < -0.3 is 4.74 Å². The largest absolute Gasteiger partial charge is 0.489 e. The van der Waals surface area contributed by atoms with Gasteiger partial charge in [-0.2, -0.15) is 0 Å². The van der Waals surface area contributed by atoms with E-state index < -0.39 is 11.6 Å². The lowest BCUT2D eigenvalue weighted by Gasteiger charge is -2.08. The molecule has 18 heavy (non-hydrogen) atoms. The average Bonchev–Trinajstić information content (AvgIpc) is 2.34. The van der Waals surface area contributed by atoms with Crippen molar-refractivity contribution in [3.63, 3.8) is 0 Å². The highest BCUT2D eigenvalue weighted by molar-refractivity contribution is 9.10. The van der Waals surface area contributed by atoms with Crippen LogP contribution in [0, 0.1) is 18.6 Å². The molecule has 0 radical (unpaired) electrons. The predicted octanol–water partition coefficient (Wildman–Crippen LogP) is 4.61. The number of benzene rings is 2. The Morgan fingerprint density at radius 3 is 2.61 bits per heavy atom. The number of rotatable bonds is 3. The Bertz CT molecular complexity index is 570. The van der Waals surface area contributed by atoms with Crippen LogP contribution in [0.4, 0.5) is 8.78 Å². The van der Waals surface area contributed by atoms with Crippen LogP contribution in [0.2, 0.25) is 0 Å². The molecule has 0 aliphatic heterocycles. The zero-order chi connectivity index (χ0) is 13.1. The van der Waals surface area contributed by atoms with E-state index in [1.165, 1.54) is 0 Å². The van der Waals surface area contributed by atoms with Gasteiger partial charge in [0, 0.05) is 10.0 Å². The molecule has 0 amide bonds. The summed E-state index contributed by atoms with van der Waals surface area (Å²) in [5.74, 6) is -0.313. The number of hydrogen-bond acceptors (Lipinski definition) is 1. The summed E-state index contributed by atoms with van der Waals surface area (Å²) in [5, 5.41) is 0. The molecule has 0 aliphatic carbocycles. The lowest BCUT2D eigenvalue weighted by molar-refractivity contribution is 0.299. The predicted molar refractivity (Wildman–Crippen MR) is 69.6 cm³/mol. The fourth-order valence-electron chi connectivity index (χ4n) is 1.52. The molecule has 0 bridgehead atoms. The quantitative estimate of drug-likeness (QED) is 0.804. The van der Waals surface area contributed by atoms with Crippen molar-refractivity contribution in [3.8, 4) is 5.75 Å². The normalized spacial score (nSPS) is 10.4. The first-order valence-electron chi connectivity index (χ1n) is 5.39. The summed E-state index contributed by atoms with van der Waals surface area (Å²) in [7, 11) is 0. The Balaban J connectivity index is 2.11. The molecule has 0 saturated carbocycles. The molecule has 0 saturated heterocycles. The SMILES string of the molecule is Cc1cc(OCc2cc(F)ccc2F)ccc1Br. The first-order chi connectivity index (χ1) is 8.56. The fraction of sp³-hybridized carbons (Fsp3) is 0.143. The molecule has 2 rings (SSSR count). The van der Waals surface area contributed by atoms with Crippen molar-refractivity contribution >= 4 is 15.9 Å². The maximum absolute atomic E-state index is 13.4. The van der Waals surface area contributed by atoms with Crippen molar-refractivity contribution in [1.29, 1.82) is 0 Å². The maximum Gasteiger partial charge on any atom is 0.130 e. The third kappa shape index (κ3) is 3.07. The second-order valence-corrected chi connectivity index (χ2v) is 4.79. The van der Waals surface area contributed by atoms with Gasteiger partial charge in [-0.1, -0.05) is 15.9 Å². The molecule has 0 unspecified atom stereocenters. The van der Waals surface area contributed by atoms with Crippen LogP contribution in [0.5, 0.6) is 5.75 Å². The van der Waals surface area contributed by atoms with E-state index in [0.29, 0.717) is 5.75 Å². The summed E-state index contributed by atoms with van der Waals surface area (Å²) in [6, 6.07) is 8.78. The van der Waals surface area contributed by atoms with E-state index in [4.69, 9.17) is 4.74 Å². The summed E-state index contributed by atoms with van der Waals surface area (Å²) in [6.07, 6.45) is 0. The molecule has 0 spiro atoms. The van der Waals surface area contributed by atoms with E-state index in [0.717, 1.165) is 28.2 Å². The Hall–Kier alpha value is -1.42. The highest BCUT2D eigenvalue weighted by Crippen LogP contribution is 2.22. The lowest BCUT2D eigenvalue weighted by Crippen LogP contribution is -1.99. The van der Waals surface area contributed by atoms with Crippen LogP contribution in [0.3, 0.4) is 0 Å². The Morgan fingerprint density at radius 2 is 1.89 bits per heavy atom. The molecule has 0 N–H and O–H groups in total. The smallest absolute Gasteiger partial charge is 0.130 e. The van der Waals surface area contributed by atoms with Gasteiger partial charge in [0.05, 0.1) is 0 Å². The van der Waals surface area contributed by atoms with Crippen LogP contribution in [0.1, 0.15) is 11.1 Å². The van der Waals surface area contributed by atoms with E-state index in [1.54, 1.807) is 6.07 Å². The number of halogens is 3. The van der Waals surface area contributed by atoms with Crippen molar-refractivity contribution in [2.75, 3.05) is 0 Å². The van der Waals surface area contributed by atoms with Crippen molar-refractivity contribution < 1.29 is 13.5 Å². The highest BCUT2D eigenvalue weighted by atomic mass is 79.9. The summed E-state index contributed by atoms with van der Waals surface area (Å²) in [6.45, 7) is 1.93. The minimum Gasteiger partial charge on any atom is -0.489 e. The maximum atomic E-state index is 13.4. The van der Waals surface area contributed by atoms with Gasteiger partial charge >= 0.3 is 0 Å². The summed E-state index contributed by atoms with van der Waals surface area (Å²) in [5.41, 5.74) is 1.22. The van der Waals surface area contributed by atoms with Gasteiger partial charge in [0.2, 0.25) is 0 Å². The lowest BCUT2D eigenvalue weighted by atomic mass is 10.2. The third-order valence-corrected chi connectivity index (χ3v) is 3.42. The van der Waals surface area contributed by atoms with Crippen LogP contribution < -0.4 is 4.74 Å². The second kappa shape index (κ2) is 5.48. The van der Waals surface area contributed by atoms with E-state index in [-0.39, 0.29) is 12.2 Å². The molecule has 2 aromatic rings. The Kier molecular flexibility index (Phi) is 3.97. The van der Waals surface area contributed by atoms with Gasteiger partial charge in [0.25, 0.3) is 0 Å². The van der Waals surface area contributed by atoms with Gasteiger partial charge in [-0.05, 0) is 48.9 Å². The zero-order valence-corrected chi connectivity index (χ0v) is 11.3. The molecule has 1 nitrogen and oxygen atoms in total. The molecule has 0 atom stereocenters. The monoisotopic (exact) mass is 312 g/mol. The van der Waals surface area contributed by atoms with E-state index >= 15 is 0 Å². The summed E-state index contributed by atoms with van der Waals surface area (Å²) >= 11 is 3.38. The number of hydrogen-bond donors (Lipinski definition) is 0. The summed E-state index contributed by atoms with van der Waals surface area (Å²) < 4.78 is 32.7. The van der Waals surface area contributed by atoms with Gasteiger partial charge in [-0.3, -0.25) is 0 Å². The van der Waals surface area contributed by atoms with E-state index in [1.807, 2.05) is 19.1 Å². The average molecular weight is 313 g/mol. The van der Waals surface area contributed by atoms with Gasteiger partial charge in [-0.25, -0.2) is 8.78 Å².